The average molecular weight is 435 g/mol. The van der Waals surface area contributed by atoms with Gasteiger partial charge in [0.25, 0.3) is 0 Å². The molecule has 0 radical (unpaired) electrons. The molecule has 7 nitrogen and oxygen atoms in total. The molecule has 2 aliphatic heterocycles. The molecule has 0 atom stereocenters. The van der Waals surface area contributed by atoms with Gasteiger partial charge in [-0.2, -0.15) is 0 Å². The van der Waals surface area contributed by atoms with Crippen molar-refractivity contribution < 1.29 is 4.74 Å². The summed E-state index contributed by atoms with van der Waals surface area (Å²) in [5.74, 6) is 1.26. The fourth-order valence-corrected chi connectivity index (χ4v) is 4.40. The molecule has 0 aliphatic carbocycles. The molecule has 2 fully saturated rings. The van der Waals surface area contributed by atoms with Crippen LogP contribution in [0.5, 0.6) is 0 Å². The van der Waals surface area contributed by atoms with Gasteiger partial charge in [-0.3, -0.25) is 0 Å². The summed E-state index contributed by atoms with van der Waals surface area (Å²) in [7, 11) is 1.50. The number of hydrogen-bond acceptors (Lipinski definition) is 8. The zero-order chi connectivity index (χ0) is 21.3. The van der Waals surface area contributed by atoms with Gasteiger partial charge in [0.15, 0.2) is 0 Å². The standard InChI is InChI=1S/C17H20ClN5OS.C2H2.CH5N/c18-15-12(1-5-20-16(15)19)25-14-10-21-13(9-22-14)23-6-2-17(3-7-23)4-8-24-11-17;2*1-2/h1,5,9-10H,2-4,6-8,11H2,(H2,19,20);1-2H;2H2,1H3. The second-order valence-electron chi connectivity index (χ2n) is 6.61. The molecule has 2 saturated heterocycles. The molecule has 4 N–H and O–H groups in total. The Kier molecular flexibility index (Phi) is 8.99. The van der Waals surface area contributed by atoms with Gasteiger partial charge in [0.2, 0.25) is 0 Å². The maximum atomic E-state index is 6.18. The van der Waals surface area contributed by atoms with Crippen molar-refractivity contribution >= 4 is 35.0 Å². The van der Waals surface area contributed by atoms with Gasteiger partial charge in [0.05, 0.1) is 24.0 Å². The van der Waals surface area contributed by atoms with E-state index in [1.54, 1.807) is 12.4 Å². The maximum absolute atomic E-state index is 6.18. The topological polar surface area (TPSA) is 103 Å². The first kappa shape index (κ1) is 23.2. The highest BCUT2D eigenvalue weighted by atomic mass is 35.5. The lowest BCUT2D eigenvalue weighted by atomic mass is 9.78. The van der Waals surface area contributed by atoms with Crippen LogP contribution in [0.15, 0.2) is 34.6 Å². The van der Waals surface area contributed by atoms with E-state index in [9.17, 15) is 0 Å². The zero-order valence-electron chi connectivity index (χ0n) is 16.6. The van der Waals surface area contributed by atoms with E-state index in [1.807, 2.05) is 12.3 Å². The number of halogens is 1. The van der Waals surface area contributed by atoms with Crippen molar-refractivity contribution in [2.45, 2.75) is 29.2 Å². The van der Waals surface area contributed by atoms with E-state index in [0.717, 1.165) is 54.9 Å². The molecule has 0 amide bonds. The van der Waals surface area contributed by atoms with E-state index in [2.05, 4.69) is 38.4 Å². The maximum Gasteiger partial charge on any atom is 0.147 e. The van der Waals surface area contributed by atoms with E-state index in [4.69, 9.17) is 22.1 Å². The molecule has 2 aliphatic rings. The van der Waals surface area contributed by atoms with E-state index >= 15 is 0 Å². The van der Waals surface area contributed by atoms with Crippen LogP contribution in [0.3, 0.4) is 0 Å². The van der Waals surface area contributed by atoms with Crippen molar-refractivity contribution in [3.63, 3.8) is 0 Å². The van der Waals surface area contributed by atoms with Crippen molar-refractivity contribution in [3.8, 4) is 12.8 Å². The molecular formula is C20H27ClN6OS. The van der Waals surface area contributed by atoms with Crippen molar-refractivity contribution in [2.24, 2.45) is 11.1 Å². The molecule has 156 valence electrons. The van der Waals surface area contributed by atoms with Crippen LogP contribution in [0.2, 0.25) is 5.02 Å². The van der Waals surface area contributed by atoms with Gasteiger partial charge in [0, 0.05) is 30.8 Å². The second-order valence-corrected chi connectivity index (χ2v) is 8.05. The summed E-state index contributed by atoms with van der Waals surface area (Å²) < 4.78 is 5.60. The van der Waals surface area contributed by atoms with E-state index in [1.165, 1.54) is 25.2 Å². The molecule has 4 rings (SSSR count). The molecule has 4 heterocycles. The third-order valence-electron chi connectivity index (χ3n) is 5.04. The zero-order valence-corrected chi connectivity index (χ0v) is 18.1. The van der Waals surface area contributed by atoms with Crippen LogP contribution in [0.1, 0.15) is 19.3 Å². The minimum atomic E-state index is 0.328. The largest absolute Gasteiger partial charge is 0.382 e. The van der Waals surface area contributed by atoms with Gasteiger partial charge in [-0.1, -0.05) is 23.4 Å². The van der Waals surface area contributed by atoms with Crippen LogP contribution in [-0.4, -0.2) is 48.3 Å². The Morgan fingerprint density at radius 2 is 1.86 bits per heavy atom. The average Bonchev–Trinajstić information content (AvgIpc) is 3.23. The Morgan fingerprint density at radius 1 is 1.14 bits per heavy atom. The summed E-state index contributed by atoms with van der Waals surface area (Å²) in [4.78, 5) is 16.2. The number of piperidine rings is 1. The van der Waals surface area contributed by atoms with Gasteiger partial charge < -0.3 is 21.1 Å². The third-order valence-corrected chi connectivity index (χ3v) is 6.53. The predicted octanol–water partition coefficient (Wildman–Crippen LogP) is 3.09. The molecule has 0 saturated carbocycles. The fraction of sp³-hybridized carbons (Fsp3) is 0.450. The van der Waals surface area contributed by atoms with Crippen molar-refractivity contribution in [3.05, 3.63) is 29.7 Å². The number of rotatable bonds is 3. The molecular weight excluding hydrogens is 408 g/mol. The Morgan fingerprint density at radius 3 is 2.45 bits per heavy atom. The normalized spacial score (nSPS) is 17.1. The number of terminal acetylenes is 1. The summed E-state index contributed by atoms with van der Waals surface area (Å²) in [6, 6.07) is 1.83. The first-order valence-corrected chi connectivity index (χ1v) is 10.5. The number of anilines is 2. The summed E-state index contributed by atoms with van der Waals surface area (Å²) in [5.41, 5.74) is 10.6. The SMILES string of the molecule is C#C.CN.Nc1nccc(Sc2cnc(N3CCC4(CCOC4)CC3)cn2)c1Cl. The van der Waals surface area contributed by atoms with Crippen LogP contribution in [0.25, 0.3) is 0 Å². The highest BCUT2D eigenvalue weighted by Crippen LogP contribution is 2.40. The van der Waals surface area contributed by atoms with E-state index in [-0.39, 0.29) is 0 Å². The Labute approximate surface area is 181 Å². The molecule has 9 heteroatoms. The molecule has 0 unspecified atom stereocenters. The molecule has 29 heavy (non-hydrogen) atoms. The fourth-order valence-electron chi connectivity index (χ4n) is 3.41. The lowest BCUT2D eigenvalue weighted by molar-refractivity contribution is 0.133. The predicted molar refractivity (Wildman–Crippen MR) is 119 cm³/mol. The molecule has 2 aromatic heterocycles. The molecule has 0 aromatic carbocycles. The van der Waals surface area contributed by atoms with Gasteiger partial charge in [-0.05, 0) is 37.8 Å². The first-order valence-electron chi connectivity index (χ1n) is 9.29. The summed E-state index contributed by atoms with van der Waals surface area (Å²) >= 11 is 7.62. The van der Waals surface area contributed by atoms with Crippen LogP contribution >= 0.6 is 23.4 Å². The number of nitrogen functional groups attached to an aromatic ring is 1. The highest BCUT2D eigenvalue weighted by molar-refractivity contribution is 7.99. The number of aromatic nitrogens is 3. The number of nitrogens with two attached hydrogens (primary N) is 2. The molecule has 1 spiro atoms. The Balaban J connectivity index is 0.000000707. The number of hydrogen-bond donors (Lipinski definition) is 2. The van der Waals surface area contributed by atoms with E-state index in [0.29, 0.717) is 16.3 Å². The first-order chi connectivity index (χ1) is 14.2. The minimum Gasteiger partial charge on any atom is -0.382 e. The Hall–Kier alpha value is -2.05. The number of pyridine rings is 1. The number of ether oxygens (including phenoxy) is 1. The third kappa shape index (κ3) is 5.73. The van der Waals surface area contributed by atoms with Crippen LogP contribution in [0, 0.1) is 18.3 Å². The van der Waals surface area contributed by atoms with E-state index < -0.39 is 0 Å². The van der Waals surface area contributed by atoms with Crippen molar-refractivity contribution in [2.75, 3.05) is 44.0 Å². The van der Waals surface area contributed by atoms with Crippen LogP contribution in [0.4, 0.5) is 11.6 Å². The second kappa shape index (κ2) is 11.2. The smallest absolute Gasteiger partial charge is 0.147 e. The Bertz CT molecular complexity index is 785. The summed E-state index contributed by atoms with van der Waals surface area (Å²) in [6.07, 6.45) is 16.8. The van der Waals surface area contributed by atoms with Crippen molar-refractivity contribution in [1.29, 1.82) is 0 Å². The summed E-state index contributed by atoms with van der Waals surface area (Å²) in [6.45, 7) is 3.85. The van der Waals surface area contributed by atoms with Gasteiger partial charge in [0.1, 0.15) is 16.7 Å². The van der Waals surface area contributed by atoms with Crippen LogP contribution in [-0.2, 0) is 4.74 Å². The molecule has 2 aromatic rings. The lowest BCUT2D eigenvalue weighted by Crippen LogP contribution is -2.40. The quantitative estimate of drug-likeness (QED) is 0.710. The summed E-state index contributed by atoms with van der Waals surface area (Å²) in [5, 5.41) is 1.24. The van der Waals surface area contributed by atoms with Gasteiger partial charge in [-0.25, -0.2) is 15.0 Å². The van der Waals surface area contributed by atoms with Gasteiger partial charge in [-0.15, -0.1) is 12.8 Å². The van der Waals surface area contributed by atoms with Crippen molar-refractivity contribution in [1.82, 2.24) is 15.0 Å². The molecule has 0 bridgehead atoms. The van der Waals surface area contributed by atoms with Crippen LogP contribution < -0.4 is 16.4 Å². The monoisotopic (exact) mass is 434 g/mol. The minimum absolute atomic E-state index is 0.328. The highest BCUT2D eigenvalue weighted by Gasteiger charge is 2.38. The lowest BCUT2D eigenvalue weighted by Gasteiger charge is -2.38. The number of nitrogens with zero attached hydrogens (tertiary/aromatic N) is 4. The van der Waals surface area contributed by atoms with Gasteiger partial charge >= 0.3 is 0 Å².